The van der Waals surface area contributed by atoms with Crippen LogP contribution in [0, 0.1) is 6.92 Å². The molecule has 7 nitrogen and oxygen atoms in total. The number of hydrogen-bond donors (Lipinski definition) is 2. The van der Waals surface area contributed by atoms with E-state index in [0.29, 0.717) is 0 Å². The molecule has 2 aromatic rings. The molecule has 1 heterocycles. The van der Waals surface area contributed by atoms with Crippen molar-refractivity contribution in [2.45, 2.75) is 6.92 Å². The third kappa shape index (κ3) is 7.61. The fourth-order valence-electron chi connectivity index (χ4n) is 1.39. The molecular formula is C12H15NO6S3. The summed E-state index contributed by atoms with van der Waals surface area (Å²) >= 11 is 1.69. The summed E-state index contributed by atoms with van der Waals surface area (Å²) < 4.78 is 55.4. The minimum Gasteiger partial charge on any atom is -0.286 e. The Kier molecular flexibility index (Phi) is 6.63. The van der Waals surface area contributed by atoms with E-state index >= 15 is 0 Å². The molecule has 2 N–H and O–H groups in total. The van der Waals surface area contributed by atoms with E-state index in [2.05, 4.69) is 24.0 Å². The Balaban J connectivity index is 0.000000225. The number of nitrogens with zero attached hydrogens (tertiary/aromatic N) is 1. The van der Waals surface area contributed by atoms with E-state index in [4.69, 9.17) is 9.11 Å². The van der Waals surface area contributed by atoms with E-state index < -0.39 is 31.7 Å². The van der Waals surface area contributed by atoms with Crippen LogP contribution in [-0.4, -0.2) is 42.4 Å². The third-order valence-corrected chi connectivity index (χ3v) is 4.85. The first-order valence-electron chi connectivity index (χ1n) is 5.94. The molecule has 0 bridgehead atoms. The second-order valence-electron chi connectivity index (χ2n) is 4.20. The zero-order chi connectivity index (χ0) is 16.8. The van der Waals surface area contributed by atoms with Gasteiger partial charge in [-0.3, -0.25) is 9.11 Å². The van der Waals surface area contributed by atoms with Crippen LogP contribution in [0.5, 0.6) is 0 Å². The topological polar surface area (TPSA) is 122 Å². The molecule has 2 rings (SSSR count). The van der Waals surface area contributed by atoms with E-state index in [1.54, 1.807) is 11.3 Å². The van der Waals surface area contributed by atoms with Gasteiger partial charge in [0, 0.05) is 10.4 Å². The first-order valence-corrected chi connectivity index (χ1v) is 10.0. The molecule has 0 unspecified atom stereocenters. The monoisotopic (exact) mass is 365 g/mol. The summed E-state index contributed by atoms with van der Waals surface area (Å²) in [6.45, 7) is 2.10. The fraction of sp³-hybridized carbons (Fsp3) is 0.250. The van der Waals surface area contributed by atoms with Crippen LogP contribution in [0.4, 0.5) is 0 Å². The van der Waals surface area contributed by atoms with Crippen molar-refractivity contribution < 1.29 is 25.9 Å². The number of hydrogen-bond acceptors (Lipinski definition) is 6. The first kappa shape index (κ1) is 18.7. The van der Waals surface area contributed by atoms with Crippen molar-refractivity contribution in [3.63, 3.8) is 0 Å². The summed E-state index contributed by atoms with van der Waals surface area (Å²) in [5, 5.41) is 0. The van der Waals surface area contributed by atoms with Gasteiger partial charge in [-0.2, -0.15) is 16.8 Å². The largest absolute Gasteiger partial charge is 0.286 e. The zero-order valence-corrected chi connectivity index (χ0v) is 14.0. The summed E-state index contributed by atoms with van der Waals surface area (Å²) in [5.41, 5.74) is 4.20. The Morgan fingerprint density at radius 1 is 1.00 bits per heavy atom. The van der Waals surface area contributed by atoms with Gasteiger partial charge in [0.2, 0.25) is 0 Å². The lowest BCUT2D eigenvalue weighted by atomic mass is 10.1. The minimum atomic E-state index is -4.30. The molecule has 22 heavy (non-hydrogen) atoms. The van der Waals surface area contributed by atoms with E-state index in [1.807, 2.05) is 23.7 Å². The van der Waals surface area contributed by atoms with Gasteiger partial charge in [0.25, 0.3) is 20.2 Å². The normalized spacial score (nSPS) is 11.6. The van der Waals surface area contributed by atoms with E-state index in [-0.39, 0.29) is 0 Å². The quantitative estimate of drug-likeness (QED) is 0.793. The predicted octanol–water partition coefficient (Wildman–Crippen LogP) is 1.88. The number of benzene rings is 1. The third-order valence-electron chi connectivity index (χ3n) is 2.39. The predicted molar refractivity (Wildman–Crippen MR) is 85.1 cm³/mol. The van der Waals surface area contributed by atoms with Crippen LogP contribution in [0.1, 0.15) is 4.88 Å². The van der Waals surface area contributed by atoms with Crippen LogP contribution in [0.15, 0.2) is 35.8 Å². The van der Waals surface area contributed by atoms with Crippen LogP contribution in [0.2, 0.25) is 0 Å². The molecular weight excluding hydrogens is 350 g/mol. The Bertz CT molecular complexity index is 764. The van der Waals surface area contributed by atoms with Gasteiger partial charge in [-0.05, 0) is 6.92 Å². The van der Waals surface area contributed by atoms with E-state index in [0.717, 1.165) is 5.69 Å². The average molecular weight is 365 g/mol. The summed E-state index contributed by atoms with van der Waals surface area (Å²) in [6.07, 6.45) is 0. The van der Waals surface area contributed by atoms with Crippen LogP contribution in [0.25, 0.3) is 11.3 Å². The molecule has 1 aromatic heterocycles. The Hall–Kier alpha value is -1.33. The molecule has 0 aliphatic rings. The maximum Gasteiger partial charge on any atom is 0.265 e. The van der Waals surface area contributed by atoms with Gasteiger partial charge in [0.15, 0.2) is 0 Å². The second-order valence-corrected chi connectivity index (χ2v) is 8.40. The van der Waals surface area contributed by atoms with Gasteiger partial charge >= 0.3 is 0 Å². The number of aromatic nitrogens is 1. The van der Waals surface area contributed by atoms with Crippen LogP contribution in [0.3, 0.4) is 0 Å². The first-order chi connectivity index (χ1) is 10.1. The molecule has 0 spiro atoms. The minimum absolute atomic E-state index is 0.980. The maximum atomic E-state index is 9.86. The summed E-state index contributed by atoms with van der Waals surface area (Å²) in [6, 6.07) is 10.3. The second kappa shape index (κ2) is 7.79. The number of rotatable bonds is 4. The summed E-state index contributed by atoms with van der Waals surface area (Å²) in [7, 11) is -8.59. The van der Waals surface area contributed by atoms with Gasteiger partial charge in [0.05, 0.1) is 22.7 Å². The van der Waals surface area contributed by atoms with Crippen molar-refractivity contribution >= 4 is 31.6 Å². The van der Waals surface area contributed by atoms with Crippen molar-refractivity contribution in [2.24, 2.45) is 0 Å². The van der Waals surface area contributed by atoms with E-state index in [9.17, 15) is 16.8 Å². The molecule has 0 atom stereocenters. The van der Waals surface area contributed by atoms with Crippen molar-refractivity contribution in [2.75, 3.05) is 11.5 Å². The highest BCUT2D eigenvalue weighted by Gasteiger charge is 2.11. The highest BCUT2D eigenvalue weighted by molar-refractivity contribution is 7.89. The Morgan fingerprint density at radius 2 is 1.50 bits per heavy atom. The Morgan fingerprint density at radius 3 is 1.86 bits per heavy atom. The zero-order valence-electron chi connectivity index (χ0n) is 11.6. The van der Waals surface area contributed by atoms with Gasteiger partial charge in [0.1, 0.15) is 0 Å². The maximum absolute atomic E-state index is 9.86. The van der Waals surface area contributed by atoms with Gasteiger partial charge in [-0.1, -0.05) is 30.3 Å². The lowest BCUT2D eigenvalue weighted by Crippen LogP contribution is -2.15. The van der Waals surface area contributed by atoms with Crippen molar-refractivity contribution in [3.05, 3.63) is 40.7 Å². The average Bonchev–Trinajstić information content (AvgIpc) is 2.83. The number of thiazole rings is 1. The summed E-state index contributed by atoms with van der Waals surface area (Å²) in [4.78, 5) is 5.58. The van der Waals surface area contributed by atoms with Gasteiger partial charge in [-0.15, -0.1) is 11.3 Å². The van der Waals surface area contributed by atoms with Gasteiger partial charge < -0.3 is 0 Å². The molecule has 0 saturated carbocycles. The molecule has 0 fully saturated rings. The molecule has 0 aliphatic heterocycles. The van der Waals surface area contributed by atoms with E-state index in [1.165, 1.54) is 10.4 Å². The SMILES string of the molecule is Cc1scnc1-c1ccccc1.O=S(=O)(O)CCS(=O)(=O)O. The summed E-state index contributed by atoms with van der Waals surface area (Å²) in [5.74, 6) is -1.96. The standard InChI is InChI=1S/C10H9NS.C2H6O6S2/c1-8-10(11-7-12-8)9-5-3-2-4-6-9;3-9(4,5)1-2-10(6,7)8/h2-7H,1H3;1-2H2,(H,3,4,5)(H,6,7,8). The molecule has 10 heteroatoms. The lowest BCUT2D eigenvalue weighted by molar-refractivity contribution is 0.472. The molecule has 122 valence electrons. The molecule has 0 aliphatic carbocycles. The molecule has 1 aromatic carbocycles. The smallest absolute Gasteiger partial charge is 0.265 e. The highest BCUT2D eigenvalue weighted by Crippen LogP contribution is 2.23. The molecule has 0 saturated heterocycles. The van der Waals surface area contributed by atoms with Crippen LogP contribution in [-0.2, 0) is 20.2 Å². The van der Waals surface area contributed by atoms with Crippen molar-refractivity contribution in [3.8, 4) is 11.3 Å². The molecule has 0 radical (unpaired) electrons. The highest BCUT2D eigenvalue weighted by atomic mass is 32.2. The van der Waals surface area contributed by atoms with Crippen molar-refractivity contribution in [1.82, 2.24) is 4.98 Å². The van der Waals surface area contributed by atoms with Crippen LogP contribution < -0.4 is 0 Å². The lowest BCUT2D eigenvalue weighted by Gasteiger charge is -1.96. The number of aryl methyl sites for hydroxylation is 1. The van der Waals surface area contributed by atoms with Crippen molar-refractivity contribution in [1.29, 1.82) is 0 Å². The van der Waals surface area contributed by atoms with Crippen LogP contribution >= 0.6 is 11.3 Å². The fourth-order valence-corrected chi connectivity index (χ4v) is 3.67. The molecule has 0 amide bonds. The Labute approximate surface area is 133 Å². The van der Waals surface area contributed by atoms with Gasteiger partial charge in [-0.25, -0.2) is 4.98 Å².